The number of esters is 1. The Morgan fingerprint density at radius 2 is 2.10 bits per heavy atom. The summed E-state index contributed by atoms with van der Waals surface area (Å²) in [6, 6.07) is 7.65. The largest absolute Gasteiger partial charge is 0.494 e. The number of thiol groups is 1. The molecule has 0 saturated carbocycles. The van der Waals surface area contributed by atoms with Gasteiger partial charge in [-0.3, -0.25) is 0 Å². The molecule has 0 aliphatic carbocycles. The van der Waals surface area contributed by atoms with Crippen molar-refractivity contribution in [3.8, 4) is 16.3 Å². The van der Waals surface area contributed by atoms with E-state index in [9.17, 15) is 4.79 Å². The summed E-state index contributed by atoms with van der Waals surface area (Å²) in [4.78, 5) is 16.1. The molecule has 2 aromatic rings. The number of aromatic nitrogens is 1. The van der Waals surface area contributed by atoms with Gasteiger partial charge >= 0.3 is 5.97 Å². The molecule has 0 spiro atoms. The Morgan fingerprint density at radius 3 is 2.76 bits per heavy atom. The Balaban J connectivity index is 2.03. The molecule has 2 rings (SSSR count). The second kappa shape index (κ2) is 8.05. The molecular formula is C15H17NO3S2. The maximum Gasteiger partial charge on any atom is 0.357 e. The number of hydrogen-bond acceptors (Lipinski definition) is 6. The molecule has 0 saturated heterocycles. The quantitative estimate of drug-likeness (QED) is 0.480. The summed E-state index contributed by atoms with van der Waals surface area (Å²) in [6.07, 6.45) is 0.741. The molecule has 0 aliphatic heterocycles. The van der Waals surface area contributed by atoms with E-state index >= 15 is 0 Å². The van der Waals surface area contributed by atoms with E-state index in [4.69, 9.17) is 9.47 Å². The average molecular weight is 323 g/mol. The van der Waals surface area contributed by atoms with Crippen LogP contribution in [-0.4, -0.2) is 29.9 Å². The molecule has 0 atom stereocenters. The maximum atomic E-state index is 11.8. The fourth-order valence-corrected chi connectivity index (χ4v) is 2.59. The Labute approximate surface area is 133 Å². The highest BCUT2D eigenvalue weighted by molar-refractivity contribution is 7.80. The Bertz CT molecular complexity index is 581. The maximum absolute atomic E-state index is 11.8. The minimum absolute atomic E-state index is 0.350. The Kier molecular flexibility index (Phi) is 6.07. The monoisotopic (exact) mass is 323 g/mol. The highest BCUT2D eigenvalue weighted by Crippen LogP contribution is 2.26. The standard InChI is InChI=1S/C15H17NO3S2/c1-2-18-12-6-4-11(5-7-12)14-16-13(10-21-14)15(17)19-8-3-9-20/h4-7,10,20H,2-3,8-9H2,1H3. The van der Waals surface area contributed by atoms with Crippen LogP contribution in [0.25, 0.3) is 10.6 Å². The first-order valence-corrected chi connectivity index (χ1v) is 8.22. The zero-order chi connectivity index (χ0) is 15.1. The summed E-state index contributed by atoms with van der Waals surface area (Å²) in [5.41, 5.74) is 1.31. The van der Waals surface area contributed by atoms with Crippen LogP contribution >= 0.6 is 24.0 Å². The van der Waals surface area contributed by atoms with Gasteiger partial charge in [0.05, 0.1) is 13.2 Å². The summed E-state index contributed by atoms with van der Waals surface area (Å²) >= 11 is 5.49. The van der Waals surface area contributed by atoms with E-state index in [2.05, 4.69) is 17.6 Å². The molecule has 0 bridgehead atoms. The molecule has 6 heteroatoms. The summed E-state index contributed by atoms with van der Waals surface area (Å²) in [7, 11) is 0. The van der Waals surface area contributed by atoms with E-state index in [1.807, 2.05) is 31.2 Å². The lowest BCUT2D eigenvalue weighted by Crippen LogP contribution is -2.07. The number of rotatable bonds is 7. The van der Waals surface area contributed by atoms with Crippen LogP contribution in [0.1, 0.15) is 23.8 Å². The fraction of sp³-hybridized carbons (Fsp3) is 0.333. The first-order valence-electron chi connectivity index (χ1n) is 6.71. The first kappa shape index (κ1) is 15.9. The van der Waals surface area contributed by atoms with E-state index in [1.54, 1.807) is 5.38 Å². The van der Waals surface area contributed by atoms with Gasteiger partial charge in [-0.1, -0.05) is 0 Å². The van der Waals surface area contributed by atoms with Gasteiger partial charge in [0.2, 0.25) is 0 Å². The number of nitrogens with zero attached hydrogens (tertiary/aromatic N) is 1. The highest BCUT2D eigenvalue weighted by Gasteiger charge is 2.13. The lowest BCUT2D eigenvalue weighted by Gasteiger charge is -2.03. The molecule has 0 radical (unpaired) electrons. The van der Waals surface area contributed by atoms with Crippen molar-refractivity contribution in [3.63, 3.8) is 0 Å². The van der Waals surface area contributed by atoms with E-state index in [0.29, 0.717) is 24.7 Å². The van der Waals surface area contributed by atoms with Crippen molar-refractivity contribution in [2.45, 2.75) is 13.3 Å². The van der Waals surface area contributed by atoms with Gasteiger partial charge in [0.1, 0.15) is 10.8 Å². The molecule has 0 unspecified atom stereocenters. The summed E-state index contributed by atoms with van der Waals surface area (Å²) in [6.45, 7) is 2.96. The third kappa shape index (κ3) is 4.47. The van der Waals surface area contributed by atoms with Crippen LogP contribution in [0.3, 0.4) is 0 Å². The molecule has 0 N–H and O–H groups in total. The van der Waals surface area contributed by atoms with Crippen molar-refractivity contribution >= 4 is 29.9 Å². The molecule has 1 aromatic carbocycles. The number of carbonyl (C=O) groups is 1. The van der Waals surface area contributed by atoms with Crippen molar-refractivity contribution < 1.29 is 14.3 Å². The zero-order valence-electron chi connectivity index (χ0n) is 11.7. The highest BCUT2D eigenvalue weighted by atomic mass is 32.1. The van der Waals surface area contributed by atoms with Gasteiger partial charge in [0, 0.05) is 10.9 Å². The minimum Gasteiger partial charge on any atom is -0.494 e. The zero-order valence-corrected chi connectivity index (χ0v) is 13.5. The molecule has 112 valence electrons. The summed E-state index contributed by atoms with van der Waals surface area (Å²) < 4.78 is 10.5. The molecular weight excluding hydrogens is 306 g/mol. The van der Waals surface area contributed by atoms with Crippen molar-refractivity contribution in [1.29, 1.82) is 0 Å². The van der Waals surface area contributed by atoms with Crippen LogP contribution in [0.5, 0.6) is 5.75 Å². The Morgan fingerprint density at radius 1 is 1.33 bits per heavy atom. The SMILES string of the molecule is CCOc1ccc(-c2nc(C(=O)OCCCS)cs2)cc1. The lowest BCUT2D eigenvalue weighted by atomic mass is 10.2. The molecule has 0 amide bonds. The van der Waals surface area contributed by atoms with Gasteiger partial charge in [-0.05, 0) is 43.4 Å². The van der Waals surface area contributed by atoms with Crippen LogP contribution in [0.15, 0.2) is 29.6 Å². The fourth-order valence-electron chi connectivity index (χ4n) is 1.66. The predicted octanol–water partition coefficient (Wildman–Crippen LogP) is 3.69. The molecule has 1 heterocycles. The van der Waals surface area contributed by atoms with Gasteiger partial charge in [-0.15, -0.1) is 11.3 Å². The van der Waals surface area contributed by atoms with Crippen LogP contribution in [0.2, 0.25) is 0 Å². The van der Waals surface area contributed by atoms with Crippen molar-refractivity contribution in [2.24, 2.45) is 0 Å². The average Bonchev–Trinajstić information content (AvgIpc) is 2.98. The predicted molar refractivity (Wildman–Crippen MR) is 87.5 cm³/mol. The number of carbonyl (C=O) groups excluding carboxylic acids is 1. The van der Waals surface area contributed by atoms with Crippen molar-refractivity contribution in [1.82, 2.24) is 4.98 Å². The lowest BCUT2D eigenvalue weighted by molar-refractivity contribution is 0.0500. The van der Waals surface area contributed by atoms with Gasteiger partial charge in [-0.2, -0.15) is 12.6 Å². The summed E-state index contributed by atoms with van der Waals surface area (Å²) in [5, 5.41) is 2.51. The minimum atomic E-state index is -0.384. The Hall–Kier alpha value is -1.53. The molecule has 4 nitrogen and oxygen atoms in total. The molecule has 0 aliphatic rings. The molecule has 0 fully saturated rings. The number of hydrogen-bond donors (Lipinski definition) is 1. The van der Waals surface area contributed by atoms with E-state index in [-0.39, 0.29) is 5.97 Å². The summed E-state index contributed by atoms with van der Waals surface area (Å²) in [5.74, 6) is 1.14. The topological polar surface area (TPSA) is 48.4 Å². The van der Waals surface area contributed by atoms with Crippen molar-refractivity contribution in [3.05, 3.63) is 35.3 Å². The van der Waals surface area contributed by atoms with Gasteiger partial charge in [-0.25, -0.2) is 9.78 Å². The van der Waals surface area contributed by atoms with E-state index < -0.39 is 0 Å². The number of benzene rings is 1. The van der Waals surface area contributed by atoms with Crippen LogP contribution < -0.4 is 4.74 Å². The van der Waals surface area contributed by atoms with Gasteiger partial charge < -0.3 is 9.47 Å². The second-order valence-corrected chi connectivity index (χ2v) is 5.51. The van der Waals surface area contributed by atoms with Crippen LogP contribution in [0.4, 0.5) is 0 Å². The smallest absolute Gasteiger partial charge is 0.357 e. The molecule has 21 heavy (non-hydrogen) atoms. The van der Waals surface area contributed by atoms with Gasteiger partial charge in [0.25, 0.3) is 0 Å². The van der Waals surface area contributed by atoms with Crippen molar-refractivity contribution in [2.75, 3.05) is 19.0 Å². The van der Waals surface area contributed by atoms with E-state index in [1.165, 1.54) is 11.3 Å². The van der Waals surface area contributed by atoms with E-state index in [0.717, 1.165) is 22.7 Å². The number of thiazole rings is 1. The third-order valence-corrected chi connectivity index (χ3v) is 3.87. The third-order valence-electron chi connectivity index (χ3n) is 2.66. The van der Waals surface area contributed by atoms with Crippen LogP contribution in [-0.2, 0) is 4.74 Å². The molecule has 1 aromatic heterocycles. The van der Waals surface area contributed by atoms with Crippen LogP contribution in [0, 0.1) is 0 Å². The first-order chi connectivity index (χ1) is 10.2. The van der Waals surface area contributed by atoms with Gasteiger partial charge in [0.15, 0.2) is 5.69 Å². The normalized spacial score (nSPS) is 10.4. The number of ether oxygens (including phenoxy) is 2. The second-order valence-electron chi connectivity index (χ2n) is 4.21.